The molecule has 1 aromatic heterocycles. The lowest BCUT2D eigenvalue weighted by molar-refractivity contribution is 0.432. The molecule has 100 valence electrons. The molecule has 0 radical (unpaired) electrons. The molecule has 0 aliphatic carbocycles. The van der Waals surface area contributed by atoms with Gasteiger partial charge < -0.3 is 9.63 Å². The molecule has 3 rings (SSSR count). The van der Waals surface area contributed by atoms with Gasteiger partial charge in [0.2, 0.25) is 5.82 Å². The summed E-state index contributed by atoms with van der Waals surface area (Å²) < 4.78 is 5.35. The second-order valence-electron chi connectivity index (χ2n) is 4.72. The zero-order chi connectivity index (χ0) is 14.1. The van der Waals surface area contributed by atoms with E-state index in [1.54, 1.807) is 24.3 Å². The highest BCUT2D eigenvalue weighted by Gasteiger charge is 2.13. The molecule has 0 bridgehead atoms. The van der Waals surface area contributed by atoms with Gasteiger partial charge in [-0.05, 0) is 55.3 Å². The molecule has 1 N–H and O–H groups in total. The van der Waals surface area contributed by atoms with Crippen LogP contribution in [0.5, 0.6) is 5.75 Å². The largest absolute Gasteiger partial charge is 0.508 e. The van der Waals surface area contributed by atoms with Crippen molar-refractivity contribution in [3.8, 4) is 28.6 Å². The molecule has 3 aromatic rings. The minimum atomic E-state index is 0.215. The lowest BCUT2D eigenvalue weighted by Crippen LogP contribution is -1.87. The lowest BCUT2D eigenvalue weighted by Gasteiger charge is -2.03. The van der Waals surface area contributed by atoms with Gasteiger partial charge in [0, 0.05) is 11.1 Å². The molecule has 2 aromatic carbocycles. The Morgan fingerprint density at radius 2 is 1.75 bits per heavy atom. The summed E-state index contributed by atoms with van der Waals surface area (Å²) in [5.74, 6) is 1.24. The second-order valence-corrected chi connectivity index (χ2v) is 4.72. The van der Waals surface area contributed by atoms with Crippen molar-refractivity contribution in [1.29, 1.82) is 0 Å². The molecule has 0 fully saturated rings. The number of hydrogen-bond acceptors (Lipinski definition) is 4. The summed E-state index contributed by atoms with van der Waals surface area (Å²) in [5.41, 5.74) is 4.07. The van der Waals surface area contributed by atoms with E-state index in [9.17, 15) is 5.11 Å². The van der Waals surface area contributed by atoms with Crippen LogP contribution in [-0.2, 0) is 0 Å². The van der Waals surface area contributed by atoms with Crippen molar-refractivity contribution in [3.05, 3.63) is 53.6 Å². The Morgan fingerprint density at radius 1 is 1.00 bits per heavy atom. The van der Waals surface area contributed by atoms with Crippen molar-refractivity contribution >= 4 is 0 Å². The summed E-state index contributed by atoms with van der Waals surface area (Å²) in [7, 11) is 0. The molecule has 4 nitrogen and oxygen atoms in total. The molecule has 0 atom stereocenters. The van der Waals surface area contributed by atoms with Gasteiger partial charge in [-0.15, -0.1) is 0 Å². The van der Waals surface area contributed by atoms with Gasteiger partial charge in [0.25, 0.3) is 5.89 Å². The number of aromatic nitrogens is 2. The minimum Gasteiger partial charge on any atom is -0.508 e. The van der Waals surface area contributed by atoms with Gasteiger partial charge in [-0.25, -0.2) is 0 Å². The number of nitrogens with zero attached hydrogens (tertiary/aromatic N) is 2. The predicted octanol–water partition coefficient (Wildman–Crippen LogP) is 3.73. The average molecular weight is 266 g/mol. The third-order valence-corrected chi connectivity index (χ3v) is 3.39. The molecule has 0 unspecified atom stereocenters. The first-order valence-corrected chi connectivity index (χ1v) is 6.35. The van der Waals surface area contributed by atoms with Crippen LogP contribution >= 0.6 is 0 Å². The maximum Gasteiger partial charge on any atom is 0.258 e. The fourth-order valence-electron chi connectivity index (χ4n) is 2.04. The maximum atomic E-state index is 9.29. The van der Waals surface area contributed by atoms with Gasteiger partial charge in [0.05, 0.1) is 0 Å². The average Bonchev–Trinajstić information content (AvgIpc) is 2.92. The highest BCUT2D eigenvalue weighted by molar-refractivity contribution is 5.63. The summed E-state index contributed by atoms with van der Waals surface area (Å²) in [5, 5.41) is 13.3. The van der Waals surface area contributed by atoms with E-state index in [1.807, 2.05) is 19.1 Å². The summed E-state index contributed by atoms with van der Waals surface area (Å²) in [4.78, 5) is 4.42. The smallest absolute Gasteiger partial charge is 0.258 e. The van der Waals surface area contributed by atoms with E-state index >= 15 is 0 Å². The van der Waals surface area contributed by atoms with Crippen molar-refractivity contribution in [2.24, 2.45) is 0 Å². The molecular formula is C16H14N2O2. The molecule has 1 heterocycles. The van der Waals surface area contributed by atoms with Gasteiger partial charge in [-0.3, -0.25) is 0 Å². The quantitative estimate of drug-likeness (QED) is 0.767. The number of phenolic OH excluding ortho intramolecular Hbond substituents is 1. The van der Waals surface area contributed by atoms with E-state index in [2.05, 4.69) is 23.1 Å². The van der Waals surface area contributed by atoms with Crippen LogP contribution in [0, 0.1) is 13.8 Å². The van der Waals surface area contributed by atoms with E-state index in [1.165, 1.54) is 5.56 Å². The monoisotopic (exact) mass is 266 g/mol. The van der Waals surface area contributed by atoms with Crippen LogP contribution in [0.25, 0.3) is 22.8 Å². The van der Waals surface area contributed by atoms with Crippen LogP contribution in [0.3, 0.4) is 0 Å². The van der Waals surface area contributed by atoms with Crippen LogP contribution in [0.2, 0.25) is 0 Å². The van der Waals surface area contributed by atoms with Crippen LogP contribution in [0.4, 0.5) is 0 Å². The standard InChI is InChI=1S/C16H14N2O2/c1-10-4-3-5-14(11(10)2)16-17-15(18-20-16)12-6-8-13(19)9-7-12/h3-9,19H,1-2H3. The van der Waals surface area contributed by atoms with Gasteiger partial charge in [-0.1, -0.05) is 17.3 Å². The zero-order valence-electron chi connectivity index (χ0n) is 11.3. The number of benzene rings is 2. The van der Waals surface area contributed by atoms with Gasteiger partial charge in [0.1, 0.15) is 5.75 Å². The molecular weight excluding hydrogens is 252 g/mol. The number of aryl methyl sites for hydroxylation is 1. The van der Waals surface area contributed by atoms with Crippen molar-refractivity contribution in [3.63, 3.8) is 0 Å². The van der Waals surface area contributed by atoms with Crippen LogP contribution < -0.4 is 0 Å². The summed E-state index contributed by atoms with van der Waals surface area (Å²) >= 11 is 0. The molecule has 0 aliphatic heterocycles. The molecule has 4 heteroatoms. The first kappa shape index (κ1) is 12.4. The maximum absolute atomic E-state index is 9.29. The molecule has 0 saturated carbocycles. The lowest BCUT2D eigenvalue weighted by atomic mass is 10.0. The number of hydrogen-bond donors (Lipinski definition) is 1. The molecule has 20 heavy (non-hydrogen) atoms. The molecule has 0 amide bonds. The van der Waals surface area contributed by atoms with Crippen molar-refractivity contribution < 1.29 is 9.63 Å². The SMILES string of the molecule is Cc1cccc(-c2nc(-c3ccc(O)cc3)no2)c1C. The normalized spacial score (nSPS) is 10.7. The van der Waals surface area contributed by atoms with Crippen LogP contribution in [0.15, 0.2) is 47.0 Å². The third-order valence-electron chi connectivity index (χ3n) is 3.39. The van der Waals surface area contributed by atoms with E-state index in [0.29, 0.717) is 11.7 Å². The summed E-state index contributed by atoms with van der Waals surface area (Å²) in [6, 6.07) is 12.7. The van der Waals surface area contributed by atoms with Crippen molar-refractivity contribution in [2.45, 2.75) is 13.8 Å². The van der Waals surface area contributed by atoms with Gasteiger partial charge in [-0.2, -0.15) is 4.98 Å². The van der Waals surface area contributed by atoms with E-state index in [-0.39, 0.29) is 5.75 Å². The number of phenols is 1. The Bertz CT molecular complexity index is 745. The zero-order valence-corrected chi connectivity index (χ0v) is 11.3. The first-order valence-electron chi connectivity index (χ1n) is 6.35. The summed E-state index contributed by atoms with van der Waals surface area (Å²) in [6.07, 6.45) is 0. The summed E-state index contributed by atoms with van der Waals surface area (Å²) in [6.45, 7) is 4.09. The third kappa shape index (κ3) is 2.16. The van der Waals surface area contributed by atoms with E-state index < -0.39 is 0 Å². The van der Waals surface area contributed by atoms with Crippen molar-refractivity contribution in [2.75, 3.05) is 0 Å². The van der Waals surface area contributed by atoms with Gasteiger partial charge in [0.15, 0.2) is 0 Å². The Balaban J connectivity index is 2.02. The second kappa shape index (κ2) is 4.81. The Morgan fingerprint density at radius 3 is 2.50 bits per heavy atom. The molecule has 0 spiro atoms. The Hall–Kier alpha value is -2.62. The molecule has 0 aliphatic rings. The number of aromatic hydroxyl groups is 1. The topological polar surface area (TPSA) is 59.2 Å². The molecule has 0 saturated heterocycles. The van der Waals surface area contributed by atoms with Crippen molar-refractivity contribution in [1.82, 2.24) is 10.1 Å². The van der Waals surface area contributed by atoms with E-state index in [4.69, 9.17) is 4.52 Å². The fourth-order valence-corrected chi connectivity index (χ4v) is 2.04. The highest BCUT2D eigenvalue weighted by Crippen LogP contribution is 2.26. The Labute approximate surface area is 116 Å². The van der Waals surface area contributed by atoms with E-state index in [0.717, 1.165) is 16.7 Å². The van der Waals surface area contributed by atoms with Crippen LogP contribution in [0.1, 0.15) is 11.1 Å². The fraction of sp³-hybridized carbons (Fsp3) is 0.125. The predicted molar refractivity (Wildman–Crippen MR) is 76.3 cm³/mol. The number of rotatable bonds is 2. The highest BCUT2D eigenvalue weighted by atomic mass is 16.5. The van der Waals surface area contributed by atoms with Crippen LogP contribution in [-0.4, -0.2) is 15.2 Å². The first-order chi connectivity index (χ1) is 9.65. The minimum absolute atomic E-state index is 0.215. The van der Waals surface area contributed by atoms with Gasteiger partial charge >= 0.3 is 0 Å². The Kier molecular flexibility index (Phi) is 2.99.